The number of primary amides is 1. The molecule has 7 heteroatoms. The highest BCUT2D eigenvalue weighted by atomic mass is 19.4. The van der Waals surface area contributed by atoms with Crippen molar-refractivity contribution in [2.45, 2.75) is 18.6 Å². The third kappa shape index (κ3) is 4.43. The number of alkyl halides is 3. The van der Waals surface area contributed by atoms with E-state index < -0.39 is 24.7 Å². The van der Waals surface area contributed by atoms with E-state index >= 15 is 0 Å². The number of nitrogens with two attached hydrogens (primary N) is 2. The van der Waals surface area contributed by atoms with Gasteiger partial charge in [0.05, 0.1) is 6.54 Å². The van der Waals surface area contributed by atoms with E-state index in [2.05, 4.69) is 0 Å². The molecule has 0 aliphatic carbocycles. The molecule has 1 atom stereocenters. The summed E-state index contributed by atoms with van der Waals surface area (Å²) in [7, 11) is 1.19. The molecule has 84 valence electrons. The molecule has 0 aliphatic rings. The van der Waals surface area contributed by atoms with E-state index in [1.54, 1.807) is 0 Å². The molecule has 0 aliphatic heterocycles. The van der Waals surface area contributed by atoms with E-state index in [4.69, 9.17) is 11.5 Å². The summed E-state index contributed by atoms with van der Waals surface area (Å²) >= 11 is 0. The molecule has 1 amide bonds. The predicted octanol–water partition coefficient (Wildman–Crippen LogP) is -0.317. The molecule has 4 N–H and O–H groups in total. The lowest BCUT2D eigenvalue weighted by Crippen LogP contribution is -2.47. The molecule has 0 radical (unpaired) electrons. The lowest BCUT2D eigenvalue weighted by molar-refractivity contribution is -0.181. The maximum atomic E-state index is 12.4. The predicted molar refractivity (Wildman–Crippen MR) is 45.3 cm³/mol. The first kappa shape index (κ1) is 13.2. The topological polar surface area (TPSA) is 72.3 Å². The van der Waals surface area contributed by atoms with E-state index in [1.165, 1.54) is 7.05 Å². The molecule has 4 nitrogen and oxygen atoms in total. The lowest BCUT2D eigenvalue weighted by Gasteiger charge is -2.28. The largest absolute Gasteiger partial charge is 0.404 e. The summed E-state index contributed by atoms with van der Waals surface area (Å²) in [6.45, 7) is -0.516. The molecule has 0 fully saturated rings. The first-order valence-electron chi connectivity index (χ1n) is 4.04. The third-order valence-corrected chi connectivity index (χ3v) is 1.76. The zero-order valence-corrected chi connectivity index (χ0v) is 7.84. The van der Waals surface area contributed by atoms with Crippen molar-refractivity contribution >= 4 is 5.91 Å². The van der Waals surface area contributed by atoms with Crippen molar-refractivity contribution < 1.29 is 18.0 Å². The van der Waals surface area contributed by atoms with Gasteiger partial charge in [-0.1, -0.05) is 0 Å². The second-order valence-electron chi connectivity index (χ2n) is 3.02. The quantitative estimate of drug-likeness (QED) is 0.657. The van der Waals surface area contributed by atoms with Crippen molar-refractivity contribution in [3.8, 4) is 0 Å². The highest BCUT2D eigenvalue weighted by Crippen LogP contribution is 2.25. The number of likely N-dealkylation sites (N-methyl/N-ethyl adjacent to an activating group) is 1. The van der Waals surface area contributed by atoms with Crippen LogP contribution in [0, 0.1) is 0 Å². The van der Waals surface area contributed by atoms with E-state index in [9.17, 15) is 18.0 Å². The summed E-state index contributed by atoms with van der Waals surface area (Å²) in [5.74, 6) is -0.793. The van der Waals surface area contributed by atoms with Gasteiger partial charge in [-0.25, -0.2) is 0 Å². The Labute approximate surface area is 80.0 Å². The van der Waals surface area contributed by atoms with Crippen LogP contribution in [0.4, 0.5) is 13.2 Å². The van der Waals surface area contributed by atoms with Gasteiger partial charge in [0.25, 0.3) is 0 Å². The smallest absolute Gasteiger partial charge is 0.369 e. The molecule has 14 heavy (non-hydrogen) atoms. The van der Waals surface area contributed by atoms with Gasteiger partial charge in [0.2, 0.25) is 5.91 Å². The van der Waals surface area contributed by atoms with Crippen LogP contribution in [0.3, 0.4) is 0 Å². The van der Waals surface area contributed by atoms with E-state index in [0.29, 0.717) is 0 Å². The van der Waals surface area contributed by atoms with Crippen LogP contribution < -0.4 is 11.5 Å². The Morgan fingerprint density at radius 2 is 2.00 bits per heavy atom. The van der Waals surface area contributed by atoms with Gasteiger partial charge in [-0.2, -0.15) is 13.2 Å². The van der Waals surface area contributed by atoms with Crippen molar-refractivity contribution in [2.24, 2.45) is 11.5 Å². The first-order valence-corrected chi connectivity index (χ1v) is 4.04. The summed E-state index contributed by atoms with van der Waals surface area (Å²) in [5.41, 5.74) is 9.84. The summed E-state index contributed by atoms with van der Waals surface area (Å²) < 4.78 is 37.1. The summed E-state index contributed by atoms with van der Waals surface area (Å²) in [6, 6.07) is -1.71. The Morgan fingerprint density at radius 3 is 2.29 bits per heavy atom. The lowest BCUT2D eigenvalue weighted by atomic mass is 10.1. The molecule has 0 aromatic carbocycles. The average molecular weight is 213 g/mol. The van der Waals surface area contributed by atoms with Crippen LogP contribution in [0.15, 0.2) is 0 Å². The van der Waals surface area contributed by atoms with Crippen molar-refractivity contribution in [1.82, 2.24) is 4.90 Å². The average Bonchev–Trinajstić information content (AvgIpc) is 1.96. The van der Waals surface area contributed by atoms with Gasteiger partial charge >= 0.3 is 6.18 Å². The Balaban J connectivity index is 4.40. The molecule has 0 bridgehead atoms. The van der Waals surface area contributed by atoms with Crippen LogP contribution >= 0.6 is 0 Å². The van der Waals surface area contributed by atoms with E-state index in [-0.39, 0.29) is 13.0 Å². The fourth-order valence-corrected chi connectivity index (χ4v) is 1.15. The van der Waals surface area contributed by atoms with Gasteiger partial charge in [0.15, 0.2) is 0 Å². The molecule has 0 rings (SSSR count). The molecule has 0 saturated carbocycles. The molecule has 0 aromatic heterocycles. The number of hydrogen-bond donors (Lipinski definition) is 2. The number of halogens is 3. The minimum absolute atomic E-state index is 0.0900. The summed E-state index contributed by atoms with van der Waals surface area (Å²) in [4.78, 5) is 11.3. The fourth-order valence-electron chi connectivity index (χ4n) is 1.15. The highest BCUT2D eigenvalue weighted by molar-refractivity contribution is 5.75. The van der Waals surface area contributed by atoms with Crippen LogP contribution in [-0.4, -0.2) is 43.2 Å². The van der Waals surface area contributed by atoms with Gasteiger partial charge in [-0.15, -0.1) is 0 Å². The van der Waals surface area contributed by atoms with Crippen LogP contribution in [0.25, 0.3) is 0 Å². The van der Waals surface area contributed by atoms with Crippen molar-refractivity contribution in [3.05, 3.63) is 0 Å². The fraction of sp³-hybridized carbons (Fsp3) is 0.857. The number of rotatable bonds is 5. The molecule has 0 saturated heterocycles. The molecule has 0 spiro atoms. The molecule has 0 aromatic rings. The number of hydrogen-bond acceptors (Lipinski definition) is 3. The van der Waals surface area contributed by atoms with Gasteiger partial charge in [0.1, 0.15) is 6.04 Å². The second kappa shape index (κ2) is 5.16. The number of carbonyl (C=O) groups is 1. The van der Waals surface area contributed by atoms with Crippen LogP contribution in [0.5, 0.6) is 0 Å². The Bertz CT molecular complexity index is 195. The second-order valence-corrected chi connectivity index (χ2v) is 3.02. The van der Waals surface area contributed by atoms with Crippen molar-refractivity contribution in [1.29, 1.82) is 0 Å². The summed E-state index contributed by atoms with van der Waals surface area (Å²) in [6.07, 6.45) is -4.63. The zero-order chi connectivity index (χ0) is 11.4. The third-order valence-electron chi connectivity index (χ3n) is 1.76. The van der Waals surface area contributed by atoms with Crippen LogP contribution in [-0.2, 0) is 4.79 Å². The SMILES string of the molecule is CN(CC(N)=O)C(CCN)C(F)(F)F. The Morgan fingerprint density at radius 1 is 1.50 bits per heavy atom. The minimum atomic E-state index is -4.39. The van der Waals surface area contributed by atoms with E-state index in [0.717, 1.165) is 4.90 Å². The molecular weight excluding hydrogens is 199 g/mol. The van der Waals surface area contributed by atoms with Gasteiger partial charge < -0.3 is 11.5 Å². The van der Waals surface area contributed by atoms with Crippen LogP contribution in [0.1, 0.15) is 6.42 Å². The first-order chi connectivity index (χ1) is 6.29. The summed E-state index contributed by atoms with van der Waals surface area (Å²) in [5, 5.41) is 0. The number of nitrogens with zero attached hydrogens (tertiary/aromatic N) is 1. The Kier molecular flexibility index (Phi) is 4.86. The van der Waals surface area contributed by atoms with Gasteiger partial charge in [-0.3, -0.25) is 9.69 Å². The molecule has 0 heterocycles. The Hall–Kier alpha value is -0.820. The maximum Gasteiger partial charge on any atom is 0.404 e. The number of carbonyl (C=O) groups excluding carboxylic acids is 1. The highest BCUT2D eigenvalue weighted by Gasteiger charge is 2.41. The molecular formula is C7H14F3N3O. The monoisotopic (exact) mass is 213 g/mol. The minimum Gasteiger partial charge on any atom is -0.369 e. The zero-order valence-electron chi connectivity index (χ0n) is 7.84. The van der Waals surface area contributed by atoms with Crippen molar-refractivity contribution in [2.75, 3.05) is 20.1 Å². The number of amides is 1. The standard InChI is InChI=1S/C7H14F3N3O/c1-13(4-6(12)14)5(2-3-11)7(8,9)10/h5H,2-4,11H2,1H3,(H2,12,14). The van der Waals surface area contributed by atoms with Crippen LogP contribution in [0.2, 0.25) is 0 Å². The molecule has 1 unspecified atom stereocenters. The van der Waals surface area contributed by atoms with Gasteiger partial charge in [0, 0.05) is 0 Å². The normalized spacial score (nSPS) is 14.4. The van der Waals surface area contributed by atoms with E-state index in [1.807, 2.05) is 0 Å². The van der Waals surface area contributed by atoms with Crippen molar-refractivity contribution in [3.63, 3.8) is 0 Å². The van der Waals surface area contributed by atoms with Gasteiger partial charge in [-0.05, 0) is 20.0 Å². The maximum absolute atomic E-state index is 12.4.